The van der Waals surface area contributed by atoms with E-state index >= 15 is 0 Å². The SMILES string of the molecule is CNC(c1cc(OC)c(OC)cc1Cl)C1CCCC1C. The Morgan fingerprint density at radius 1 is 1.20 bits per heavy atom. The molecule has 1 aliphatic carbocycles. The molecule has 0 saturated heterocycles. The Morgan fingerprint density at radius 3 is 2.35 bits per heavy atom. The summed E-state index contributed by atoms with van der Waals surface area (Å²) in [6.07, 6.45) is 3.85. The summed E-state index contributed by atoms with van der Waals surface area (Å²) in [6.45, 7) is 2.33. The number of nitrogens with one attached hydrogen (secondary N) is 1. The lowest BCUT2D eigenvalue weighted by Gasteiger charge is -2.28. The van der Waals surface area contributed by atoms with Gasteiger partial charge in [0.2, 0.25) is 0 Å². The van der Waals surface area contributed by atoms with E-state index in [0.29, 0.717) is 11.7 Å². The first-order valence-corrected chi connectivity index (χ1v) is 7.58. The van der Waals surface area contributed by atoms with Gasteiger partial charge >= 0.3 is 0 Å². The first-order chi connectivity index (χ1) is 9.62. The predicted octanol–water partition coefficient (Wildman–Crippen LogP) is 4.05. The molecule has 0 amide bonds. The fourth-order valence-corrected chi connectivity index (χ4v) is 3.65. The molecule has 0 aliphatic heterocycles. The van der Waals surface area contributed by atoms with E-state index in [4.69, 9.17) is 21.1 Å². The van der Waals surface area contributed by atoms with Gasteiger partial charge in [-0.25, -0.2) is 0 Å². The second-order valence-corrected chi connectivity index (χ2v) is 5.97. The van der Waals surface area contributed by atoms with E-state index in [1.165, 1.54) is 19.3 Å². The monoisotopic (exact) mass is 297 g/mol. The smallest absolute Gasteiger partial charge is 0.162 e. The Morgan fingerprint density at radius 2 is 1.85 bits per heavy atom. The van der Waals surface area contributed by atoms with Crippen LogP contribution in [0.5, 0.6) is 11.5 Å². The minimum absolute atomic E-state index is 0.264. The van der Waals surface area contributed by atoms with E-state index in [1.807, 2.05) is 19.2 Å². The molecule has 0 bridgehead atoms. The maximum absolute atomic E-state index is 6.46. The highest BCUT2D eigenvalue weighted by Gasteiger charge is 2.32. The summed E-state index contributed by atoms with van der Waals surface area (Å²) in [4.78, 5) is 0. The lowest BCUT2D eigenvalue weighted by atomic mass is 9.86. The fourth-order valence-electron chi connectivity index (χ4n) is 3.38. The molecule has 112 valence electrons. The third-order valence-electron chi connectivity index (χ3n) is 4.50. The van der Waals surface area contributed by atoms with E-state index in [2.05, 4.69) is 12.2 Å². The van der Waals surface area contributed by atoms with Crippen LogP contribution >= 0.6 is 11.6 Å². The summed E-state index contributed by atoms with van der Waals surface area (Å²) in [5.74, 6) is 2.75. The zero-order chi connectivity index (χ0) is 14.7. The van der Waals surface area contributed by atoms with Crippen molar-refractivity contribution >= 4 is 11.6 Å². The van der Waals surface area contributed by atoms with Crippen molar-refractivity contribution in [2.24, 2.45) is 11.8 Å². The van der Waals surface area contributed by atoms with Crippen molar-refractivity contribution in [3.8, 4) is 11.5 Å². The first-order valence-electron chi connectivity index (χ1n) is 7.21. The molecule has 20 heavy (non-hydrogen) atoms. The highest BCUT2D eigenvalue weighted by Crippen LogP contribution is 2.44. The zero-order valence-electron chi connectivity index (χ0n) is 12.7. The Hall–Kier alpha value is -0.930. The molecule has 3 nitrogen and oxygen atoms in total. The Balaban J connectivity index is 2.38. The van der Waals surface area contributed by atoms with Crippen molar-refractivity contribution in [1.29, 1.82) is 0 Å². The van der Waals surface area contributed by atoms with Gasteiger partial charge in [0.1, 0.15) is 0 Å². The molecule has 0 heterocycles. The molecule has 0 spiro atoms. The summed E-state index contributed by atoms with van der Waals surface area (Å²) in [6, 6.07) is 4.12. The van der Waals surface area contributed by atoms with Crippen LogP contribution in [0, 0.1) is 11.8 Å². The summed E-state index contributed by atoms with van der Waals surface area (Å²) in [7, 11) is 5.29. The molecular formula is C16H24ClNO2. The number of hydrogen-bond donors (Lipinski definition) is 1. The number of benzene rings is 1. The van der Waals surface area contributed by atoms with Crippen LogP contribution in [0.4, 0.5) is 0 Å². The third kappa shape index (κ3) is 2.89. The average Bonchev–Trinajstić information content (AvgIpc) is 2.87. The van der Waals surface area contributed by atoms with Gasteiger partial charge in [-0.05, 0) is 36.9 Å². The molecule has 1 saturated carbocycles. The summed E-state index contributed by atoms with van der Waals surface area (Å²) in [5, 5.41) is 4.18. The summed E-state index contributed by atoms with van der Waals surface area (Å²) in [5.41, 5.74) is 1.10. The lowest BCUT2D eigenvalue weighted by molar-refractivity contribution is 0.312. The van der Waals surface area contributed by atoms with Gasteiger partial charge in [-0.1, -0.05) is 31.4 Å². The Labute approximate surface area is 126 Å². The van der Waals surface area contributed by atoms with Crippen molar-refractivity contribution in [2.45, 2.75) is 32.2 Å². The first kappa shape index (κ1) is 15.5. The third-order valence-corrected chi connectivity index (χ3v) is 4.83. The second kappa shape index (κ2) is 6.68. The van der Waals surface area contributed by atoms with Crippen LogP contribution in [0.15, 0.2) is 12.1 Å². The minimum atomic E-state index is 0.264. The van der Waals surface area contributed by atoms with Crippen LogP contribution in [0.3, 0.4) is 0 Å². The standard InChI is InChI=1S/C16H24ClNO2/c1-10-6-5-7-11(10)16(18-2)12-8-14(19-3)15(20-4)9-13(12)17/h8-11,16,18H,5-7H2,1-4H3. The van der Waals surface area contributed by atoms with Crippen LogP contribution in [0.25, 0.3) is 0 Å². The summed E-state index contributed by atoms with van der Waals surface area (Å²) >= 11 is 6.46. The number of ether oxygens (including phenoxy) is 2. The van der Waals surface area contributed by atoms with Crippen LogP contribution in [-0.2, 0) is 0 Å². The van der Waals surface area contributed by atoms with Crippen LogP contribution in [0.2, 0.25) is 5.02 Å². The highest BCUT2D eigenvalue weighted by molar-refractivity contribution is 6.31. The van der Waals surface area contributed by atoms with Gasteiger partial charge in [0.05, 0.1) is 14.2 Å². The number of hydrogen-bond acceptors (Lipinski definition) is 3. The van der Waals surface area contributed by atoms with E-state index in [1.54, 1.807) is 14.2 Å². The van der Waals surface area contributed by atoms with Gasteiger partial charge in [-0.2, -0.15) is 0 Å². The average molecular weight is 298 g/mol. The molecule has 1 aromatic rings. The van der Waals surface area contributed by atoms with Gasteiger partial charge in [0.25, 0.3) is 0 Å². The molecule has 1 aromatic carbocycles. The molecular weight excluding hydrogens is 274 g/mol. The largest absolute Gasteiger partial charge is 0.493 e. The maximum atomic E-state index is 6.46. The zero-order valence-corrected chi connectivity index (χ0v) is 13.5. The van der Waals surface area contributed by atoms with Crippen molar-refractivity contribution in [3.63, 3.8) is 0 Å². The molecule has 1 N–H and O–H groups in total. The van der Waals surface area contributed by atoms with Crippen LogP contribution in [-0.4, -0.2) is 21.3 Å². The molecule has 2 rings (SSSR count). The number of methoxy groups -OCH3 is 2. The lowest BCUT2D eigenvalue weighted by Crippen LogP contribution is -2.27. The van der Waals surface area contributed by atoms with Crippen molar-refractivity contribution < 1.29 is 9.47 Å². The molecule has 3 atom stereocenters. The fraction of sp³-hybridized carbons (Fsp3) is 0.625. The number of rotatable bonds is 5. The van der Waals surface area contributed by atoms with Gasteiger partial charge in [0, 0.05) is 17.1 Å². The molecule has 0 aromatic heterocycles. The topological polar surface area (TPSA) is 30.5 Å². The Bertz CT molecular complexity index is 464. The molecule has 1 aliphatic rings. The molecule has 3 unspecified atom stereocenters. The van der Waals surface area contributed by atoms with E-state index in [9.17, 15) is 0 Å². The van der Waals surface area contributed by atoms with Gasteiger partial charge in [0.15, 0.2) is 11.5 Å². The van der Waals surface area contributed by atoms with Crippen LogP contribution < -0.4 is 14.8 Å². The minimum Gasteiger partial charge on any atom is -0.493 e. The quantitative estimate of drug-likeness (QED) is 0.889. The van der Waals surface area contributed by atoms with Crippen molar-refractivity contribution in [2.75, 3.05) is 21.3 Å². The van der Waals surface area contributed by atoms with Crippen LogP contribution in [0.1, 0.15) is 37.8 Å². The van der Waals surface area contributed by atoms with Gasteiger partial charge < -0.3 is 14.8 Å². The molecule has 4 heteroatoms. The Kier molecular flexibility index (Phi) is 5.17. The second-order valence-electron chi connectivity index (χ2n) is 5.57. The molecule has 0 radical (unpaired) electrons. The van der Waals surface area contributed by atoms with Gasteiger partial charge in [-0.15, -0.1) is 0 Å². The predicted molar refractivity (Wildman–Crippen MR) is 82.9 cm³/mol. The normalized spacial score (nSPS) is 23.6. The number of halogens is 1. The van der Waals surface area contributed by atoms with Gasteiger partial charge in [-0.3, -0.25) is 0 Å². The maximum Gasteiger partial charge on any atom is 0.162 e. The van der Waals surface area contributed by atoms with E-state index in [-0.39, 0.29) is 6.04 Å². The molecule has 1 fully saturated rings. The van der Waals surface area contributed by atoms with Crippen molar-refractivity contribution in [3.05, 3.63) is 22.7 Å². The summed E-state index contributed by atoms with van der Waals surface area (Å²) < 4.78 is 10.7. The van der Waals surface area contributed by atoms with E-state index in [0.717, 1.165) is 22.3 Å². The van der Waals surface area contributed by atoms with Crippen molar-refractivity contribution in [1.82, 2.24) is 5.32 Å². The van der Waals surface area contributed by atoms with E-state index < -0.39 is 0 Å². The highest BCUT2D eigenvalue weighted by atomic mass is 35.5.